The lowest BCUT2D eigenvalue weighted by atomic mass is 9.74. The Bertz CT molecular complexity index is 1290. The Morgan fingerprint density at radius 3 is 2.21 bits per heavy atom. The van der Waals surface area contributed by atoms with Gasteiger partial charge in [-0.25, -0.2) is 23.9 Å². The van der Waals surface area contributed by atoms with Gasteiger partial charge in [0.05, 0.1) is 23.3 Å². The summed E-state index contributed by atoms with van der Waals surface area (Å²) in [7, 11) is 0. The molecule has 9 nitrogen and oxygen atoms in total. The highest BCUT2D eigenvalue weighted by Gasteiger charge is 2.46. The Morgan fingerprint density at radius 2 is 1.67 bits per heavy atom. The SMILES string of the molecule is CC(C)(C)OC(=O)NC1(c2cc3c(F)c(Cl)ncc3c(N3CC4CCC(C3)N4C(=O)OC(C)(C)C)n2)CCC1. The zero-order valence-corrected chi connectivity index (χ0v) is 24.2. The third kappa shape index (κ3) is 5.44. The molecule has 2 aromatic heterocycles. The van der Waals surface area contributed by atoms with Crippen LogP contribution in [-0.2, 0) is 15.0 Å². The van der Waals surface area contributed by atoms with Crippen LogP contribution in [0.4, 0.5) is 19.8 Å². The third-order valence-corrected chi connectivity index (χ3v) is 7.85. The van der Waals surface area contributed by atoms with E-state index < -0.39 is 28.7 Å². The van der Waals surface area contributed by atoms with Crippen molar-refractivity contribution in [3.8, 4) is 0 Å². The molecule has 0 spiro atoms. The molecule has 1 aliphatic carbocycles. The molecule has 2 atom stereocenters. The van der Waals surface area contributed by atoms with Gasteiger partial charge in [0.25, 0.3) is 0 Å². The van der Waals surface area contributed by atoms with Crippen LogP contribution in [0.5, 0.6) is 0 Å². The summed E-state index contributed by atoms with van der Waals surface area (Å²) >= 11 is 6.09. The quantitative estimate of drug-likeness (QED) is 0.465. The number of halogens is 2. The Hall–Kier alpha value is -2.88. The standard InChI is InChI=1S/C28H37ClFN5O4/c1-26(2,3)38-24(36)33-28(10-7-11-28)20-12-18-19(13-31-22(29)21(18)30)23(32-20)34-14-16-8-9-17(15-34)35(16)25(37)39-27(4,5)6/h12-13,16-17H,7-11,14-15H2,1-6H3,(H,33,36). The molecule has 2 unspecified atom stereocenters. The van der Waals surface area contributed by atoms with Crippen LogP contribution in [0.2, 0.25) is 5.15 Å². The van der Waals surface area contributed by atoms with E-state index in [0.717, 1.165) is 19.3 Å². The van der Waals surface area contributed by atoms with Gasteiger partial charge in [-0.1, -0.05) is 11.6 Å². The summed E-state index contributed by atoms with van der Waals surface area (Å²) in [4.78, 5) is 38.8. The van der Waals surface area contributed by atoms with Gasteiger partial charge in [0.1, 0.15) is 17.0 Å². The maximum atomic E-state index is 15.4. The predicted molar refractivity (Wildman–Crippen MR) is 147 cm³/mol. The second-order valence-electron chi connectivity index (χ2n) is 12.9. The van der Waals surface area contributed by atoms with Crippen LogP contribution in [0.1, 0.15) is 79.3 Å². The number of fused-ring (bicyclic) bond motifs is 3. The highest BCUT2D eigenvalue weighted by Crippen LogP contribution is 2.44. The van der Waals surface area contributed by atoms with E-state index in [0.29, 0.717) is 48.2 Å². The third-order valence-electron chi connectivity index (χ3n) is 7.59. The maximum absolute atomic E-state index is 15.4. The van der Waals surface area contributed by atoms with Gasteiger partial charge in [-0.2, -0.15) is 0 Å². The lowest BCUT2D eigenvalue weighted by molar-refractivity contribution is 0.0122. The first-order valence-electron chi connectivity index (χ1n) is 13.6. The van der Waals surface area contributed by atoms with Crippen molar-refractivity contribution in [1.29, 1.82) is 0 Å². The number of alkyl carbamates (subject to hydrolysis) is 1. The lowest BCUT2D eigenvalue weighted by Gasteiger charge is -2.44. The topological polar surface area (TPSA) is 96.9 Å². The van der Waals surface area contributed by atoms with Crippen LogP contribution in [-0.4, -0.2) is 63.4 Å². The van der Waals surface area contributed by atoms with E-state index >= 15 is 4.39 Å². The Labute approximate surface area is 233 Å². The van der Waals surface area contributed by atoms with Gasteiger partial charge in [-0.15, -0.1) is 0 Å². The number of piperazine rings is 1. The average Bonchev–Trinajstić information content (AvgIpc) is 3.06. The molecule has 2 bridgehead atoms. The smallest absolute Gasteiger partial charge is 0.410 e. The first kappa shape index (κ1) is 27.7. The number of anilines is 1. The average molecular weight is 562 g/mol. The summed E-state index contributed by atoms with van der Waals surface area (Å²) in [5, 5.41) is 3.64. The number of hydrogen-bond acceptors (Lipinski definition) is 7. The van der Waals surface area contributed by atoms with Crippen LogP contribution < -0.4 is 10.2 Å². The number of rotatable bonds is 3. The molecule has 11 heteroatoms. The zero-order chi connectivity index (χ0) is 28.3. The molecule has 1 saturated carbocycles. The highest BCUT2D eigenvalue weighted by molar-refractivity contribution is 6.30. The molecule has 4 heterocycles. The van der Waals surface area contributed by atoms with E-state index in [1.54, 1.807) is 12.3 Å². The van der Waals surface area contributed by atoms with Crippen molar-refractivity contribution < 1.29 is 23.5 Å². The summed E-state index contributed by atoms with van der Waals surface area (Å²) in [5.74, 6) is -0.0512. The largest absolute Gasteiger partial charge is 0.444 e. The molecule has 3 fully saturated rings. The van der Waals surface area contributed by atoms with E-state index in [4.69, 9.17) is 26.1 Å². The molecule has 212 valence electrons. The minimum Gasteiger partial charge on any atom is -0.444 e. The second kappa shape index (κ2) is 9.64. The molecule has 2 amide bonds. The van der Waals surface area contributed by atoms with Gasteiger partial charge < -0.3 is 19.7 Å². The van der Waals surface area contributed by atoms with Gasteiger partial charge >= 0.3 is 12.2 Å². The van der Waals surface area contributed by atoms with E-state index in [2.05, 4.69) is 15.2 Å². The van der Waals surface area contributed by atoms with Crippen molar-refractivity contribution in [2.24, 2.45) is 0 Å². The maximum Gasteiger partial charge on any atom is 0.410 e. The lowest BCUT2D eigenvalue weighted by Crippen LogP contribution is -2.57. The van der Waals surface area contributed by atoms with Crippen LogP contribution in [0, 0.1) is 5.82 Å². The Kier molecular flexibility index (Phi) is 6.84. The number of aromatic nitrogens is 2. The molecular formula is C28H37ClFN5O4. The molecular weight excluding hydrogens is 525 g/mol. The Balaban J connectivity index is 1.51. The second-order valence-corrected chi connectivity index (χ2v) is 13.3. The summed E-state index contributed by atoms with van der Waals surface area (Å²) in [6, 6.07) is 1.56. The number of carbonyl (C=O) groups excluding carboxylic acids is 2. The Morgan fingerprint density at radius 1 is 1.05 bits per heavy atom. The van der Waals surface area contributed by atoms with E-state index in [-0.39, 0.29) is 23.3 Å². The molecule has 5 rings (SSSR count). The molecule has 2 aliphatic heterocycles. The molecule has 2 aromatic rings. The van der Waals surface area contributed by atoms with Crippen molar-refractivity contribution in [2.45, 2.75) is 102 Å². The number of nitrogens with one attached hydrogen (secondary N) is 1. The van der Waals surface area contributed by atoms with Crippen LogP contribution >= 0.6 is 11.6 Å². The van der Waals surface area contributed by atoms with Gasteiger partial charge in [0.2, 0.25) is 0 Å². The zero-order valence-electron chi connectivity index (χ0n) is 23.4. The first-order chi connectivity index (χ1) is 18.2. The summed E-state index contributed by atoms with van der Waals surface area (Å²) in [6.07, 6.45) is 4.59. The van der Waals surface area contributed by atoms with Gasteiger partial charge in [0.15, 0.2) is 11.0 Å². The van der Waals surface area contributed by atoms with Crippen molar-refractivity contribution in [3.05, 3.63) is 28.9 Å². The summed E-state index contributed by atoms with van der Waals surface area (Å²) < 4.78 is 26.6. The minimum absolute atomic E-state index is 0.0539. The van der Waals surface area contributed by atoms with Crippen molar-refractivity contribution >= 4 is 40.4 Å². The normalized spacial score (nSPS) is 22.5. The van der Waals surface area contributed by atoms with Gasteiger partial charge in [-0.05, 0) is 79.7 Å². The van der Waals surface area contributed by atoms with Crippen molar-refractivity contribution in [2.75, 3.05) is 18.0 Å². The fourth-order valence-electron chi connectivity index (χ4n) is 5.79. The van der Waals surface area contributed by atoms with Crippen LogP contribution in [0.15, 0.2) is 12.3 Å². The van der Waals surface area contributed by atoms with Crippen LogP contribution in [0.25, 0.3) is 10.8 Å². The molecule has 0 radical (unpaired) electrons. The highest BCUT2D eigenvalue weighted by atomic mass is 35.5. The van der Waals surface area contributed by atoms with E-state index in [1.807, 2.05) is 46.4 Å². The van der Waals surface area contributed by atoms with Crippen molar-refractivity contribution in [3.63, 3.8) is 0 Å². The molecule has 2 saturated heterocycles. The minimum atomic E-state index is -0.773. The summed E-state index contributed by atoms with van der Waals surface area (Å²) in [5.41, 5.74) is -1.45. The first-order valence-corrected chi connectivity index (χ1v) is 14.0. The number of pyridine rings is 2. The number of nitrogens with zero attached hydrogens (tertiary/aromatic N) is 4. The summed E-state index contributed by atoms with van der Waals surface area (Å²) in [6.45, 7) is 12.1. The number of carbonyl (C=O) groups is 2. The number of amides is 2. The number of ether oxygens (including phenoxy) is 2. The molecule has 0 aromatic carbocycles. The molecule has 3 aliphatic rings. The predicted octanol–water partition coefficient (Wildman–Crippen LogP) is 5.91. The van der Waals surface area contributed by atoms with Crippen LogP contribution in [0.3, 0.4) is 0 Å². The van der Waals surface area contributed by atoms with E-state index in [1.165, 1.54) is 0 Å². The molecule has 1 N–H and O–H groups in total. The fraction of sp³-hybridized carbons (Fsp3) is 0.643. The monoisotopic (exact) mass is 561 g/mol. The molecule has 39 heavy (non-hydrogen) atoms. The van der Waals surface area contributed by atoms with Crippen molar-refractivity contribution in [1.82, 2.24) is 20.2 Å². The van der Waals surface area contributed by atoms with Gasteiger partial charge in [-0.3, -0.25) is 4.90 Å². The van der Waals surface area contributed by atoms with Gasteiger partial charge in [0, 0.05) is 30.1 Å². The van der Waals surface area contributed by atoms with E-state index in [9.17, 15) is 9.59 Å². The fourth-order valence-corrected chi connectivity index (χ4v) is 5.94. The number of hydrogen-bond donors (Lipinski definition) is 1.